The zero-order valence-corrected chi connectivity index (χ0v) is 20.8. The Morgan fingerprint density at radius 2 is 1.88 bits per heavy atom. The quantitative estimate of drug-likeness (QED) is 0.387. The van der Waals surface area contributed by atoms with Crippen LogP contribution in [0.25, 0.3) is 11.0 Å². The molecule has 9 nitrogen and oxygen atoms in total. The number of imidazole rings is 1. The summed E-state index contributed by atoms with van der Waals surface area (Å²) in [5.74, 6) is 1.94. The number of benzene rings is 2. The summed E-state index contributed by atoms with van der Waals surface area (Å²) in [4.78, 5) is 15.7. The topological polar surface area (TPSA) is 105 Å². The van der Waals surface area contributed by atoms with E-state index in [2.05, 4.69) is 34.4 Å². The first-order valence-electron chi connectivity index (χ1n) is 10.9. The lowest BCUT2D eigenvalue weighted by molar-refractivity contribution is 0.601. The average molecular weight is 480 g/mol. The lowest BCUT2D eigenvalue weighted by Gasteiger charge is -2.19. The van der Waals surface area contributed by atoms with Gasteiger partial charge in [-0.2, -0.15) is 4.98 Å². The van der Waals surface area contributed by atoms with Gasteiger partial charge in [0.25, 0.3) is 0 Å². The molecule has 0 fully saturated rings. The van der Waals surface area contributed by atoms with Crippen molar-refractivity contribution in [3.63, 3.8) is 0 Å². The Morgan fingerprint density at radius 1 is 1.09 bits per heavy atom. The van der Waals surface area contributed by atoms with Crippen molar-refractivity contribution in [2.75, 3.05) is 28.8 Å². The van der Waals surface area contributed by atoms with Gasteiger partial charge in [0, 0.05) is 44.0 Å². The van der Waals surface area contributed by atoms with E-state index in [1.807, 2.05) is 60.0 Å². The molecule has 0 amide bonds. The van der Waals surface area contributed by atoms with E-state index in [0.29, 0.717) is 17.3 Å². The fraction of sp³-hybridized carbons (Fsp3) is 0.292. The van der Waals surface area contributed by atoms with Crippen molar-refractivity contribution in [1.29, 1.82) is 0 Å². The van der Waals surface area contributed by atoms with E-state index in [1.165, 1.54) is 6.26 Å². The van der Waals surface area contributed by atoms with Gasteiger partial charge in [-0.1, -0.05) is 12.1 Å². The van der Waals surface area contributed by atoms with Gasteiger partial charge in [-0.15, -0.1) is 0 Å². The molecule has 0 radical (unpaired) electrons. The predicted octanol–water partition coefficient (Wildman–Crippen LogP) is 4.24. The highest BCUT2D eigenvalue weighted by molar-refractivity contribution is 7.89. The second-order valence-electron chi connectivity index (χ2n) is 8.66. The summed E-state index contributed by atoms with van der Waals surface area (Å²) < 4.78 is 25.3. The minimum absolute atomic E-state index is 0.0173. The third kappa shape index (κ3) is 5.45. The molecule has 0 atom stereocenters. The van der Waals surface area contributed by atoms with E-state index in [4.69, 9.17) is 4.98 Å². The first kappa shape index (κ1) is 23.5. The fourth-order valence-electron chi connectivity index (χ4n) is 3.68. The van der Waals surface area contributed by atoms with E-state index in [9.17, 15) is 8.42 Å². The normalized spacial score (nSPS) is 11.7. The molecule has 0 aliphatic rings. The number of hydrogen-bond donors (Lipinski definition) is 2. The average Bonchev–Trinajstić information content (AvgIpc) is 3.06. The molecule has 0 spiro atoms. The maximum absolute atomic E-state index is 11.6. The molecule has 0 unspecified atom stereocenters. The zero-order valence-electron chi connectivity index (χ0n) is 19.9. The van der Waals surface area contributed by atoms with Gasteiger partial charge in [-0.3, -0.25) is 0 Å². The summed E-state index contributed by atoms with van der Waals surface area (Å²) in [6.45, 7) is 4.17. The van der Waals surface area contributed by atoms with Crippen molar-refractivity contribution in [3.8, 4) is 0 Å². The summed E-state index contributed by atoms with van der Waals surface area (Å²) in [6.07, 6.45) is 2.91. The lowest BCUT2D eigenvalue weighted by Crippen LogP contribution is -2.13. The molecule has 4 rings (SSSR count). The highest BCUT2D eigenvalue weighted by Crippen LogP contribution is 2.28. The molecule has 0 aliphatic carbocycles. The molecule has 34 heavy (non-hydrogen) atoms. The number of nitrogens with one attached hydrogen (secondary N) is 2. The van der Waals surface area contributed by atoms with E-state index in [0.717, 1.165) is 28.4 Å². The van der Waals surface area contributed by atoms with E-state index >= 15 is 0 Å². The van der Waals surface area contributed by atoms with E-state index < -0.39 is 9.84 Å². The largest absolute Gasteiger partial charge is 0.353 e. The molecule has 10 heteroatoms. The molecular weight excluding hydrogens is 450 g/mol. The molecule has 0 saturated heterocycles. The summed E-state index contributed by atoms with van der Waals surface area (Å²) in [7, 11) is 0.823. The van der Waals surface area contributed by atoms with Crippen molar-refractivity contribution in [2.24, 2.45) is 7.05 Å². The van der Waals surface area contributed by atoms with Crippen molar-refractivity contribution < 1.29 is 8.42 Å². The highest BCUT2D eigenvalue weighted by atomic mass is 32.2. The number of anilines is 5. The van der Waals surface area contributed by atoms with Gasteiger partial charge in [0.2, 0.25) is 11.9 Å². The van der Waals surface area contributed by atoms with Crippen LogP contribution in [0.15, 0.2) is 54.7 Å². The van der Waals surface area contributed by atoms with Crippen LogP contribution in [0.4, 0.5) is 29.1 Å². The number of hydrogen-bond acceptors (Lipinski definition) is 8. The smallest absolute Gasteiger partial charge is 0.229 e. The fourth-order valence-corrected chi connectivity index (χ4v) is 4.47. The third-order valence-corrected chi connectivity index (χ3v) is 6.12. The minimum atomic E-state index is -3.11. The molecule has 178 valence electrons. The van der Waals surface area contributed by atoms with Gasteiger partial charge < -0.3 is 20.1 Å². The molecule has 2 aromatic heterocycles. The first-order chi connectivity index (χ1) is 16.1. The van der Waals surface area contributed by atoms with Crippen LogP contribution >= 0.6 is 0 Å². The van der Waals surface area contributed by atoms with E-state index in [-0.39, 0.29) is 11.8 Å². The second kappa shape index (κ2) is 9.30. The number of rotatable bonds is 8. The Morgan fingerprint density at radius 3 is 2.62 bits per heavy atom. The van der Waals surface area contributed by atoms with Crippen LogP contribution in [0.2, 0.25) is 0 Å². The lowest BCUT2D eigenvalue weighted by atomic mass is 10.2. The molecule has 2 N–H and O–H groups in total. The standard InChI is InChI=1S/C24H29N7O2S/c1-16(2)26-24-28-20-14-19(9-10-21(20)31(24)4)30(3)22-11-12-25-23(29-22)27-18-8-6-7-17(13-18)15-34(5,32)33/h6-14,16H,15H2,1-5H3,(H,26,28)(H,25,27,29). The van der Waals surface area contributed by atoms with Crippen LogP contribution < -0.4 is 15.5 Å². The van der Waals surface area contributed by atoms with Crippen LogP contribution in [0, 0.1) is 0 Å². The van der Waals surface area contributed by atoms with Gasteiger partial charge in [0.15, 0.2) is 9.84 Å². The number of sulfone groups is 1. The van der Waals surface area contributed by atoms with Crippen LogP contribution in [-0.2, 0) is 22.6 Å². The number of fused-ring (bicyclic) bond motifs is 1. The van der Waals surface area contributed by atoms with Crippen molar-refractivity contribution in [3.05, 3.63) is 60.3 Å². The van der Waals surface area contributed by atoms with Crippen LogP contribution in [0.3, 0.4) is 0 Å². The van der Waals surface area contributed by atoms with Gasteiger partial charge in [0.05, 0.1) is 16.8 Å². The summed E-state index contributed by atoms with van der Waals surface area (Å²) in [5, 5.41) is 6.53. The zero-order chi connectivity index (χ0) is 24.5. The Labute approximate surface area is 199 Å². The van der Waals surface area contributed by atoms with Crippen molar-refractivity contribution >= 4 is 50.0 Å². The Kier molecular flexibility index (Phi) is 6.43. The number of aryl methyl sites for hydroxylation is 1. The molecule has 0 bridgehead atoms. The molecule has 0 saturated carbocycles. The molecular formula is C24H29N7O2S. The second-order valence-corrected chi connectivity index (χ2v) is 10.8. The predicted molar refractivity (Wildman–Crippen MR) is 138 cm³/mol. The molecule has 2 aromatic carbocycles. The Hall–Kier alpha value is -3.66. The number of aromatic nitrogens is 4. The van der Waals surface area contributed by atoms with Gasteiger partial charge in [0.1, 0.15) is 5.82 Å². The molecule has 0 aliphatic heterocycles. The monoisotopic (exact) mass is 479 g/mol. The molecule has 4 aromatic rings. The van der Waals surface area contributed by atoms with Gasteiger partial charge in [-0.25, -0.2) is 18.4 Å². The maximum Gasteiger partial charge on any atom is 0.229 e. The minimum Gasteiger partial charge on any atom is -0.353 e. The third-order valence-electron chi connectivity index (χ3n) is 5.27. The summed E-state index contributed by atoms with van der Waals surface area (Å²) in [5.41, 5.74) is 4.31. The summed E-state index contributed by atoms with van der Waals surface area (Å²) in [6, 6.07) is 15.5. The molecule has 2 heterocycles. The van der Waals surface area contributed by atoms with Gasteiger partial charge in [-0.05, 0) is 55.8 Å². The Bertz CT molecular complexity index is 1430. The Balaban J connectivity index is 1.57. The van der Waals surface area contributed by atoms with Crippen molar-refractivity contribution in [1.82, 2.24) is 19.5 Å². The van der Waals surface area contributed by atoms with E-state index in [1.54, 1.807) is 18.3 Å². The van der Waals surface area contributed by atoms with Crippen LogP contribution in [-0.4, -0.2) is 47.3 Å². The van der Waals surface area contributed by atoms with Crippen molar-refractivity contribution in [2.45, 2.75) is 25.6 Å². The van der Waals surface area contributed by atoms with Gasteiger partial charge >= 0.3 is 0 Å². The SMILES string of the molecule is CC(C)Nc1nc2cc(N(C)c3ccnc(Nc4cccc(CS(C)(=O)=O)c4)n3)ccc2n1C. The summed E-state index contributed by atoms with van der Waals surface area (Å²) >= 11 is 0. The first-order valence-corrected chi connectivity index (χ1v) is 13.0. The number of nitrogens with zero attached hydrogens (tertiary/aromatic N) is 5. The maximum atomic E-state index is 11.6. The van der Waals surface area contributed by atoms with Crippen LogP contribution in [0.5, 0.6) is 0 Å². The highest BCUT2D eigenvalue weighted by Gasteiger charge is 2.13. The van der Waals surface area contributed by atoms with Crippen LogP contribution in [0.1, 0.15) is 19.4 Å².